The molecule has 0 atom stereocenters. The lowest BCUT2D eigenvalue weighted by Crippen LogP contribution is -2.71. The summed E-state index contributed by atoms with van der Waals surface area (Å²) >= 11 is 0. The Morgan fingerprint density at radius 2 is 0.833 bits per heavy atom. The van der Waals surface area contributed by atoms with Crippen molar-refractivity contribution in [1.82, 2.24) is 31.9 Å². The fraction of sp³-hybridized carbons (Fsp3) is 0.867. The van der Waals surface area contributed by atoms with Crippen molar-refractivity contribution < 1.29 is 28.7 Å². The van der Waals surface area contributed by atoms with E-state index >= 15 is 0 Å². The Bertz CT molecular complexity index is 883. The number of carbonyl (C=O) groups is 4. The molecule has 6 N–H and O–H groups in total. The number of rotatable bonds is 11. The molecule has 0 aliphatic carbocycles. The van der Waals surface area contributed by atoms with Gasteiger partial charge in [0.25, 0.3) is 0 Å². The largest absolute Gasteiger partial charge is 0.467 e. The maximum absolute atomic E-state index is 12.8. The fourth-order valence-electron chi connectivity index (χ4n) is 7.64. The van der Waals surface area contributed by atoms with Crippen LogP contribution in [0.25, 0.3) is 0 Å². The van der Waals surface area contributed by atoms with Crippen molar-refractivity contribution in [3.8, 4) is 0 Å². The minimum atomic E-state index is -1.12. The van der Waals surface area contributed by atoms with Crippen LogP contribution in [0.4, 0.5) is 9.59 Å². The zero-order valence-corrected chi connectivity index (χ0v) is 27.5. The van der Waals surface area contributed by atoms with Gasteiger partial charge < -0.3 is 41.4 Å². The Balaban J connectivity index is 1.75. The maximum Gasteiger partial charge on any atom is 0.331 e. The number of ether oxygens (including phenoxy) is 2. The van der Waals surface area contributed by atoms with Gasteiger partial charge in [0, 0.05) is 35.2 Å². The number of urea groups is 2. The number of methoxy groups -OCH3 is 2. The zero-order chi connectivity index (χ0) is 32.0. The van der Waals surface area contributed by atoms with Crippen molar-refractivity contribution in [3.63, 3.8) is 0 Å². The third-order valence-electron chi connectivity index (χ3n) is 7.86. The molecule has 242 valence electrons. The first-order valence-electron chi connectivity index (χ1n) is 15.1. The van der Waals surface area contributed by atoms with Crippen LogP contribution in [0.3, 0.4) is 0 Å². The molecule has 12 heteroatoms. The van der Waals surface area contributed by atoms with Gasteiger partial charge in [-0.05, 0) is 93.9 Å². The summed E-state index contributed by atoms with van der Waals surface area (Å²) in [6.07, 6.45) is 4.88. The van der Waals surface area contributed by atoms with Crippen molar-refractivity contribution in [2.75, 3.05) is 27.3 Å². The van der Waals surface area contributed by atoms with Crippen LogP contribution in [0.15, 0.2) is 0 Å². The summed E-state index contributed by atoms with van der Waals surface area (Å²) in [5.41, 5.74) is -3.70. The summed E-state index contributed by atoms with van der Waals surface area (Å²) in [4.78, 5) is 51.1. The molecule has 0 aromatic rings. The van der Waals surface area contributed by atoms with Crippen LogP contribution >= 0.6 is 0 Å². The Morgan fingerprint density at radius 1 is 0.548 bits per heavy atom. The molecule has 2 saturated heterocycles. The van der Waals surface area contributed by atoms with Crippen molar-refractivity contribution >= 4 is 24.0 Å². The molecule has 2 fully saturated rings. The molecule has 0 saturated carbocycles. The van der Waals surface area contributed by atoms with Crippen molar-refractivity contribution in [2.45, 2.75) is 140 Å². The van der Waals surface area contributed by atoms with Gasteiger partial charge in [-0.15, -0.1) is 0 Å². The zero-order valence-electron chi connectivity index (χ0n) is 27.5. The van der Waals surface area contributed by atoms with Crippen molar-refractivity contribution in [3.05, 3.63) is 0 Å². The minimum absolute atomic E-state index is 0.366. The molecule has 42 heavy (non-hydrogen) atoms. The van der Waals surface area contributed by atoms with Crippen LogP contribution in [0.5, 0.6) is 0 Å². The molecular formula is C30H56N6O6. The summed E-state index contributed by atoms with van der Waals surface area (Å²) in [5, 5.41) is 18.6. The van der Waals surface area contributed by atoms with E-state index < -0.39 is 35.1 Å². The molecule has 2 rings (SSSR count). The van der Waals surface area contributed by atoms with Crippen LogP contribution in [0, 0.1) is 0 Å². The van der Waals surface area contributed by atoms with Crippen LogP contribution < -0.4 is 31.9 Å². The third kappa shape index (κ3) is 10.00. The Morgan fingerprint density at radius 3 is 1.10 bits per heavy atom. The number of carbonyl (C=O) groups excluding carboxylic acids is 4. The van der Waals surface area contributed by atoms with Gasteiger partial charge >= 0.3 is 24.0 Å². The molecule has 0 aromatic heterocycles. The molecule has 2 heterocycles. The summed E-state index contributed by atoms with van der Waals surface area (Å²) in [7, 11) is 2.69. The van der Waals surface area contributed by atoms with Gasteiger partial charge in [-0.2, -0.15) is 0 Å². The van der Waals surface area contributed by atoms with E-state index in [0.29, 0.717) is 38.8 Å². The van der Waals surface area contributed by atoms with E-state index in [1.54, 1.807) is 0 Å². The number of amides is 4. The first kappa shape index (κ1) is 35.6. The average Bonchev–Trinajstić information content (AvgIpc) is 2.80. The Kier molecular flexibility index (Phi) is 11.3. The molecule has 0 unspecified atom stereocenters. The van der Waals surface area contributed by atoms with E-state index in [-0.39, 0.29) is 22.2 Å². The quantitative estimate of drug-likeness (QED) is 0.157. The van der Waals surface area contributed by atoms with Crippen molar-refractivity contribution in [2.24, 2.45) is 0 Å². The Hall–Kier alpha value is -2.60. The summed E-state index contributed by atoms with van der Waals surface area (Å²) in [6, 6.07) is -0.785. The van der Waals surface area contributed by atoms with Crippen LogP contribution in [0.1, 0.15) is 107 Å². The number of unbranched alkanes of at least 4 members (excludes halogenated alkanes) is 3. The summed E-state index contributed by atoms with van der Waals surface area (Å²) < 4.78 is 10.2. The average molecular weight is 597 g/mol. The van der Waals surface area contributed by atoms with Crippen LogP contribution in [0.2, 0.25) is 0 Å². The standard InChI is InChI=1S/C30H56N6O6/c1-25(2)17-29(21(37)41-9,18-26(3,4)35-25)33-23(39)31-15-13-11-12-14-16-32-24(40)34-30(22(38)42-10)19-27(5,6)36-28(7,8)20-30/h35-36H,11-20H2,1-10H3,(H2,31,33,39)(H2,32,34,40). The lowest BCUT2D eigenvalue weighted by atomic mass is 9.70. The highest BCUT2D eigenvalue weighted by Gasteiger charge is 2.54. The van der Waals surface area contributed by atoms with Gasteiger partial charge in [0.1, 0.15) is 11.1 Å². The van der Waals surface area contributed by atoms with Crippen molar-refractivity contribution in [1.29, 1.82) is 0 Å². The summed E-state index contributed by atoms with van der Waals surface area (Å²) in [5.74, 6) is -0.885. The number of nitrogens with one attached hydrogen (secondary N) is 6. The van der Waals surface area contributed by atoms with E-state index in [4.69, 9.17) is 9.47 Å². The number of hydrogen-bond donors (Lipinski definition) is 6. The van der Waals surface area contributed by atoms with Crippen LogP contribution in [-0.4, -0.2) is 84.5 Å². The molecule has 12 nitrogen and oxygen atoms in total. The first-order valence-corrected chi connectivity index (χ1v) is 15.1. The second-order valence-electron chi connectivity index (χ2n) is 14.8. The lowest BCUT2D eigenvalue weighted by molar-refractivity contribution is -0.153. The van der Waals surface area contributed by atoms with Gasteiger partial charge in [-0.25, -0.2) is 19.2 Å². The fourth-order valence-corrected chi connectivity index (χ4v) is 7.64. The molecule has 0 bridgehead atoms. The van der Waals surface area contributed by atoms with E-state index in [1.165, 1.54) is 14.2 Å². The van der Waals surface area contributed by atoms with Gasteiger partial charge in [-0.1, -0.05) is 12.8 Å². The molecule has 4 amide bonds. The van der Waals surface area contributed by atoms with E-state index in [2.05, 4.69) is 31.9 Å². The van der Waals surface area contributed by atoms with Gasteiger partial charge in [0.2, 0.25) is 0 Å². The Labute approximate surface area is 251 Å². The second-order valence-corrected chi connectivity index (χ2v) is 14.8. The SMILES string of the molecule is COC(=O)C1(NC(=O)NCCCCCCNC(=O)NC2(C(=O)OC)CC(C)(C)NC(C)(C)C2)CC(C)(C)NC(C)(C)C1. The van der Waals surface area contributed by atoms with E-state index in [1.807, 2.05) is 55.4 Å². The predicted molar refractivity (Wildman–Crippen MR) is 162 cm³/mol. The van der Waals surface area contributed by atoms with Gasteiger partial charge in [0.05, 0.1) is 14.2 Å². The number of hydrogen-bond acceptors (Lipinski definition) is 8. The molecule has 0 spiro atoms. The normalized spacial score (nSPS) is 22.6. The van der Waals surface area contributed by atoms with Crippen LogP contribution in [-0.2, 0) is 19.1 Å². The topological polar surface area (TPSA) is 159 Å². The molecule has 2 aliphatic heterocycles. The second kappa shape index (κ2) is 13.4. The van der Waals surface area contributed by atoms with E-state index in [9.17, 15) is 19.2 Å². The maximum atomic E-state index is 12.8. The molecule has 0 radical (unpaired) electrons. The number of piperidine rings is 2. The van der Waals surface area contributed by atoms with Gasteiger partial charge in [0.15, 0.2) is 0 Å². The lowest BCUT2D eigenvalue weighted by Gasteiger charge is -2.51. The van der Waals surface area contributed by atoms with E-state index in [0.717, 1.165) is 25.7 Å². The summed E-state index contributed by atoms with van der Waals surface area (Å²) in [6.45, 7) is 17.0. The molecule has 2 aliphatic rings. The monoisotopic (exact) mass is 596 g/mol. The first-order chi connectivity index (χ1) is 19.2. The smallest absolute Gasteiger partial charge is 0.331 e. The third-order valence-corrected chi connectivity index (χ3v) is 7.86. The molecule has 0 aromatic carbocycles. The number of esters is 2. The van der Waals surface area contributed by atoms with Gasteiger partial charge in [-0.3, -0.25) is 0 Å². The minimum Gasteiger partial charge on any atom is -0.467 e. The highest BCUT2D eigenvalue weighted by atomic mass is 16.5. The highest BCUT2D eigenvalue weighted by Crippen LogP contribution is 2.38. The predicted octanol–water partition coefficient (Wildman–Crippen LogP) is 2.85. The highest BCUT2D eigenvalue weighted by molar-refractivity contribution is 5.88. The molecular weight excluding hydrogens is 540 g/mol.